The van der Waals surface area contributed by atoms with E-state index in [1.54, 1.807) is 6.07 Å². The van der Waals surface area contributed by atoms with Crippen LogP contribution >= 0.6 is 12.2 Å². The zero-order valence-electron chi connectivity index (χ0n) is 10.8. The Bertz CT molecular complexity index is 461. The van der Waals surface area contributed by atoms with Gasteiger partial charge in [0.1, 0.15) is 10.8 Å². The second-order valence-corrected chi connectivity index (χ2v) is 5.49. The second-order valence-electron chi connectivity index (χ2n) is 5.05. The van der Waals surface area contributed by atoms with Gasteiger partial charge in [-0.25, -0.2) is 4.39 Å². The SMILES string of the molecule is CC1CCCN(c2cccc(F)c2C(N)=S)C1C. The molecule has 2 unspecified atom stereocenters. The summed E-state index contributed by atoms with van der Waals surface area (Å²) >= 11 is 4.99. The van der Waals surface area contributed by atoms with Crippen molar-refractivity contribution in [1.82, 2.24) is 0 Å². The molecule has 98 valence electrons. The number of rotatable bonds is 2. The van der Waals surface area contributed by atoms with Crippen molar-refractivity contribution in [2.45, 2.75) is 32.7 Å². The number of piperidine rings is 1. The van der Waals surface area contributed by atoms with Crippen LogP contribution in [-0.2, 0) is 0 Å². The fourth-order valence-corrected chi connectivity index (χ4v) is 2.87. The van der Waals surface area contributed by atoms with Crippen molar-refractivity contribution in [3.8, 4) is 0 Å². The van der Waals surface area contributed by atoms with E-state index in [2.05, 4.69) is 18.7 Å². The Balaban J connectivity index is 2.44. The molecule has 2 N–H and O–H groups in total. The van der Waals surface area contributed by atoms with Gasteiger partial charge in [-0.1, -0.05) is 25.2 Å². The highest BCUT2D eigenvalue weighted by atomic mass is 32.1. The molecule has 1 aliphatic rings. The summed E-state index contributed by atoms with van der Waals surface area (Å²) in [6.07, 6.45) is 2.34. The van der Waals surface area contributed by atoms with Crippen molar-refractivity contribution < 1.29 is 4.39 Å². The van der Waals surface area contributed by atoms with Crippen LogP contribution in [0.5, 0.6) is 0 Å². The third-order valence-electron chi connectivity index (χ3n) is 3.92. The fraction of sp³-hybridized carbons (Fsp3) is 0.500. The Kier molecular flexibility index (Phi) is 3.85. The molecule has 1 fully saturated rings. The summed E-state index contributed by atoms with van der Waals surface area (Å²) in [4.78, 5) is 2.36. The van der Waals surface area contributed by atoms with E-state index in [-0.39, 0.29) is 10.8 Å². The molecule has 0 aromatic heterocycles. The molecule has 0 amide bonds. The number of hydrogen-bond acceptors (Lipinski definition) is 2. The van der Waals surface area contributed by atoms with E-state index in [0.717, 1.165) is 18.7 Å². The first-order valence-electron chi connectivity index (χ1n) is 6.37. The van der Waals surface area contributed by atoms with Gasteiger partial charge in [-0.05, 0) is 37.8 Å². The van der Waals surface area contributed by atoms with Gasteiger partial charge in [0.05, 0.1) is 11.3 Å². The Hall–Kier alpha value is -1.16. The maximum atomic E-state index is 13.9. The van der Waals surface area contributed by atoms with E-state index >= 15 is 0 Å². The lowest BCUT2D eigenvalue weighted by Crippen LogP contribution is -2.43. The monoisotopic (exact) mass is 266 g/mol. The molecule has 0 spiro atoms. The van der Waals surface area contributed by atoms with Gasteiger partial charge in [0, 0.05) is 12.6 Å². The minimum Gasteiger partial charge on any atom is -0.389 e. The van der Waals surface area contributed by atoms with Gasteiger partial charge >= 0.3 is 0 Å². The summed E-state index contributed by atoms with van der Waals surface area (Å²) in [6.45, 7) is 5.35. The Morgan fingerprint density at radius 1 is 1.44 bits per heavy atom. The molecule has 0 radical (unpaired) electrons. The average molecular weight is 266 g/mol. The Morgan fingerprint density at radius 2 is 2.17 bits per heavy atom. The number of nitrogens with zero attached hydrogens (tertiary/aromatic N) is 1. The van der Waals surface area contributed by atoms with E-state index in [4.69, 9.17) is 18.0 Å². The highest BCUT2D eigenvalue weighted by molar-refractivity contribution is 7.80. The van der Waals surface area contributed by atoms with Crippen LogP contribution in [0.25, 0.3) is 0 Å². The molecule has 1 heterocycles. The molecule has 2 nitrogen and oxygen atoms in total. The highest BCUT2D eigenvalue weighted by Crippen LogP contribution is 2.31. The molecule has 4 heteroatoms. The van der Waals surface area contributed by atoms with Gasteiger partial charge < -0.3 is 10.6 Å². The number of hydrogen-bond donors (Lipinski definition) is 1. The van der Waals surface area contributed by atoms with E-state index in [0.29, 0.717) is 17.5 Å². The van der Waals surface area contributed by atoms with E-state index in [1.165, 1.54) is 12.5 Å². The summed E-state index contributed by atoms with van der Waals surface area (Å²) in [5.74, 6) is 0.270. The lowest BCUT2D eigenvalue weighted by atomic mass is 9.91. The first-order valence-corrected chi connectivity index (χ1v) is 6.78. The van der Waals surface area contributed by atoms with Crippen molar-refractivity contribution in [2.75, 3.05) is 11.4 Å². The predicted molar refractivity (Wildman–Crippen MR) is 77.5 cm³/mol. The van der Waals surface area contributed by atoms with Gasteiger partial charge in [-0.3, -0.25) is 0 Å². The molecular weight excluding hydrogens is 247 g/mol. The fourth-order valence-electron chi connectivity index (χ4n) is 2.67. The minimum absolute atomic E-state index is 0.133. The first-order chi connectivity index (χ1) is 8.52. The topological polar surface area (TPSA) is 29.3 Å². The molecule has 1 aliphatic heterocycles. The quantitative estimate of drug-likeness (QED) is 0.834. The Labute approximate surface area is 113 Å². The lowest BCUT2D eigenvalue weighted by Gasteiger charge is -2.40. The van der Waals surface area contributed by atoms with Crippen LogP contribution < -0.4 is 10.6 Å². The molecule has 0 bridgehead atoms. The largest absolute Gasteiger partial charge is 0.389 e. The van der Waals surface area contributed by atoms with Crippen LogP contribution in [0.3, 0.4) is 0 Å². The molecule has 2 atom stereocenters. The minimum atomic E-state index is -0.328. The third-order valence-corrected chi connectivity index (χ3v) is 4.13. The van der Waals surface area contributed by atoms with Crippen LogP contribution in [0.4, 0.5) is 10.1 Å². The zero-order chi connectivity index (χ0) is 13.3. The van der Waals surface area contributed by atoms with Crippen LogP contribution in [0, 0.1) is 11.7 Å². The van der Waals surface area contributed by atoms with Gasteiger partial charge in [0.2, 0.25) is 0 Å². The summed E-state index contributed by atoms with van der Waals surface area (Å²) in [6, 6.07) is 5.43. The van der Waals surface area contributed by atoms with E-state index in [1.807, 2.05) is 6.07 Å². The summed E-state index contributed by atoms with van der Waals surface area (Å²) in [7, 11) is 0. The standard InChI is InChI=1S/C14H19FN2S/c1-9-5-4-8-17(10(9)2)12-7-3-6-11(15)13(12)14(16)18/h3,6-7,9-10H,4-5,8H2,1-2H3,(H2,16,18). The molecular formula is C14H19FN2S. The van der Waals surface area contributed by atoms with Gasteiger partial charge in [-0.2, -0.15) is 0 Å². The van der Waals surface area contributed by atoms with E-state index in [9.17, 15) is 4.39 Å². The molecule has 18 heavy (non-hydrogen) atoms. The number of anilines is 1. The second kappa shape index (κ2) is 5.22. The van der Waals surface area contributed by atoms with Crippen molar-refractivity contribution in [3.05, 3.63) is 29.6 Å². The molecule has 2 rings (SSSR count). The van der Waals surface area contributed by atoms with Crippen molar-refractivity contribution in [3.63, 3.8) is 0 Å². The average Bonchev–Trinajstić information content (AvgIpc) is 2.32. The van der Waals surface area contributed by atoms with Crippen LogP contribution in [0.2, 0.25) is 0 Å². The van der Waals surface area contributed by atoms with Crippen LogP contribution in [0.15, 0.2) is 18.2 Å². The lowest BCUT2D eigenvalue weighted by molar-refractivity contribution is 0.363. The zero-order valence-corrected chi connectivity index (χ0v) is 11.6. The molecule has 1 aromatic rings. The predicted octanol–water partition coefficient (Wildman–Crippen LogP) is 3.08. The van der Waals surface area contributed by atoms with Crippen molar-refractivity contribution >= 4 is 22.9 Å². The van der Waals surface area contributed by atoms with E-state index < -0.39 is 0 Å². The maximum absolute atomic E-state index is 13.9. The van der Waals surface area contributed by atoms with Gasteiger partial charge in [-0.15, -0.1) is 0 Å². The molecule has 0 saturated carbocycles. The number of nitrogens with two attached hydrogens (primary N) is 1. The Morgan fingerprint density at radius 3 is 2.83 bits per heavy atom. The number of thiocarbonyl (C=S) groups is 1. The maximum Gasteiger partial charge on any atom is 0.135 e. The number of halogens is 1. The molecule has 0 aliphatic carbocycles. The normalized spacial score (nSPS) is 24.1. The van der Waals surface area contributed by atoms with Crippen LogP contribution in [0.1, 0.15) is 32.3 Å². The summed E-state index contributed by atoms with van der Waals surface area (Å²) < 4.78 is 13.9. The summed E-state index contributed by atoms with van der Waals surface area (Å²) in [5.41, 5.74) is 6.88. The van der Waals surface area contributed by atoms with Crippen molar-refractivity contribution in [2.24, 2.45) is 11.7 Å². The highest BCUT2D eigenvalue weighted by Gasteiger charge is 2.27. The summed E-state index contributed by atoms with van der Waals surface area (Å²) in [5, 5.41) is 0. The van der Waals surface area contributed by atoms with Gasteiger partial charge in [0.15, 0.2) is 0 Å². The van der Waals surface area contributed by atoms with Gasteiger partial charge in [0.25, 0.3) is 0 Å². The molecule has 1 aromatic carbocycles. The first kappa shape index (κ1) is 13.3. The molecule has 1 saturated heterocycles. The smallest absolute Gasteiger partial charge is 0.135 e. The van der Waals surface area contributed by atoms with Crippen molar-refractivity contribution in [1.29, 1.82) is 0 Å². The third kappa shape index (κ3) is 2.34. The van der Waals surface area contributed by atoms with Crippen LogP contribution in [-0.4, -0.2) is 17.6 Å². The number of benzene rings is 1.